The lowest BCUT2D eigenvalue weighted by atomic mass is 10.1. The van der Waals surface area contributed by atoms with Crippen LogP contribution in [0.2, 0.25) is 0 Å². The van der Waals surface area contributed by atoms with E-state index < -0.39 is 5.91 Å². The summed E-state index contributed by atoms with van der Waals surface area (Å²) in [6.45, 7) is 8.76. The Morgan fingerprint density at radius 3 is 2.19 bits per heavy atom. The van der Waals surface area contributed by atoms with Gasteiger partial charge < -0.3 is 18.6 Å². The number of hydrogen-bond acceptors (Lipinski definition) is 6. The van der Waals surface area contributed by atoms with Gasteiger partial charge in [-0.3, -0.25) is 4.79 Å². The third kappa shape index (κ3) is 5.02. The number of benzene rings is 1. The Bertz CT molecular complexity index is 740. The molecule has 0 aliphatic heterocycles. The second-order valence-electron chi connectivity index (χ2n) is 5.25. The monoisotopic (exact) mass is 360 g/mol. The highest BCUT2D eigenvalue weighted by atomic mass is 16.5. The summed E-state index contributed by atoms with van der Waals surface area (Å²) in [6, 6.07) is 6.80. The van der Waals surface area contributed by atoms with Crippen LogP contribution in [-0.4, -0.2) is 31.9 Å². The van der Waals surface area contributed by atoms with Crippen LogP contribution in [0.1, 0.15) is 42.6 Å². The Morgan fingerprint density at radius 1 is 1.08 bits per heavy atom. The standard InChI is InChI=1S/C19H24N2O5/c1-5-23-16-10-14(11-17(24-6-2)18(16)25-7-3)19(22)21-20-12-15-9-8-13(4)26-15/h8-12H,5-7H2,1-4H3,(H,21,22). The maximum Gasteiger partial charge on any atom is 0.271 e. The van der Waals surface area contributed by atoms with E-state index >= 15 is 0 Å². The van der Waals surface area contributed by atoms with Crippen LogP contribution in [0.5, 0.6) is 17.2 Å². The number of ether oxygens (including phenoxy) is 3. The first-order valence-corrected chi connectivity index (χ1v) is 8.55. The smallest absolute Gasteiger partial charge is 0.271 e. The Balaban J connectivity index is 2.23. The van der Waals surface area contributed by atoms with E-state index in [-0.39, 0.29) is 0 Å². The van der Waals surface area contributed by atoms with Gasteiger partial charge in [0.2, 0.25) is 5.75 Å². The first kappa shape index (κ1) is 19.4. The number of hydrazone groups is 1. The Morgan fingerprint density at radius 2 is 1.69 bits per heavy atom. The number of amides is 1. The van der Waals surface area contributed by atoms with Crippen molar-refractivity contribution >= 4 is 12.1 Å². The minimum atomic E-state index is -0.394. The number of furan rings is 1. The van der Waals surface area contributed by atoms with Crippen molar-refractivity contribution < 1.29 is 23.4 Å². The van der Waals surface area contributed by atoms with Crippen LogP contribution in [0.15, 0.2) is 33.8 Å². The van der Waals surface area contributed by atoms with E-state index in [2.05, 4.69) is 10.5 Å². The molecule has 1 aromatic heterocycles. The average molecular weight is 360 g/mol. The predicted molar refractivity (Wildman–Crippen MR) is 98.5 cm³/mol. The number of nitrogens with zero attached hydrogens (tertiary/aromatic N) is 1. The maximum absolute atomic E-state index is 12.4. The van der Waals surface area contributed by atoms with Crippen LogP contribution >= 0.6 is 0 Å². The van der Waals surface area contributed by atoms with Gasteiger partial charge in [-0.05, 0) is 52.0 Å². The number of hydrogen-bond donors (Lipinski definition) is 1. The van der Waals surface area contributed by atoms with Gasteiger partial charge in [-0.25, -0.2) is 5.43 Å². The molecule has 26 heavy (non-hydrogen) atoms. The molecular weight excluding hydrogens is 336 g/mol. The van der Waals surface area contributed by atoms with Gasteiger partial charge in [-0.2, -0.15) is 5.10 Å². The second kappa shape index (κ2) is 9.50. The van der Waals surface area contributed by atoms with E-state index in [0.717, 1.165) is 5.76 Å². The fraction of sp³-hybridized carbons (Fsp3) is 0.368. The molecule has 0 bridgehead atoms. The lowest BCUT2D eigenvalue weighted by Gasteiger charge is -2.16. The van der Waals surface area contributed by atoms with Gasteiger partial charge in [0.05, 0.1) is 26.0 Å². The zero-order valence-corrected chi connectivity index (χ0v) is 15.5. The molecule has 1 aromatic carbocycles. The molecule has 2 rings (SSSR count). The topological polar surface area (TPSA) is 82.3 Å². The molecule has 0 saturated heterocycles. The van der Waals surface area contributed by atoms with Gasteiger partial charge in [-0.1, -0.05) is 0 Å². The largest absolute Gasteiger partial charge is 0.490 e. The summed E-state index contributed by atoms with van der Waals surface area (Å²) >= 11 is 0. The molecule has 7 nitrogen and oxygen atoms in total. The van der Waals surface area contributed by atoms with Crippen molar-refractivity contribution in [2.24, 2.45) is 5.10 Å². The quantitative estimate of drug-likeness (QED) is 0.546. The second-order valence-corrected chi connectivity index (χ2v) is 5.25. The van der Waals surface area contributed by atoms with E-state index in [1.54, 1.807) is 18.2 Å². The summed E-state index contributed by atoms with van der Waals surface area (Å²) in [5, 5.41) is 3.91. The zero-order valence-electron chi connectivity index (χ0n) is 15.5. The summed E-state index contributed by atoms with van der Waals surface area (Å²) < 4.78 is 22.2. The highest BCUT2D eigenvalue weighted by molar-refractivity contribution is 5.96. The summed E-state index contributed by atoms with van der Waals surface area (Å²) in [7, 11) is 0. The molecule has 0 saturated carbocycles. The maximum atomic E-state index is 12.4. The fourth-order valence-corrected chi connectivity index (χ4v) is 2.26. The predicted octanol–water partition coefficient (Wildman–Crippen LogP) is 3.55. The molecule has 1 amide bonds. The zero-order chi connectivity index (χ0) is 18.9. The Kier molecular flexibility index (Phi) is 7.08. The molecule has 0 atom stereocenters. The Hall–Kier alpha value is -2.96. The van der Waals surface area contributed by atoms with Crippen LogP contribution in [-0.2, 0) is 0 Å². The minimum absolute atomic E-state index is 0.355. The SMILES string of the molecule is CCOc1cc(C(=O)NN=Cc2ccc(C)o2)cc(OCC)c1OCC. The summed E-state index contributed by atoms with van der Waals surface area (Å²) in [5.74, 6) is 2.33. The molecule has 140 valence electrons. The third-order valence-corrected chi connectivity index (χ3v) is 3.29. The van der Waals surface area contributed by atoms with Crippen molar-refractivity contribution in [3.63, 3.8) is 0 Å². The van der Waals surface area contributed by atoms with Gasteiger partial charge >= 0.3 is 0 Å². The van der Waals surface area contributed by atoms with Crippen molar-refractivity contribution in [2.45, 2.75) is 27.7 Å². The van der Waals surface area contributed by atoms with Gasteiger partial charge in [0.25, 0.3) is 5.91 Å². The summed E-state index contributed by atoms with van der Waals surface area (Å²) in [6.07, 6.45) is 1.44. The van der Waals surface area contributed by atoms with Crippen LogP contribution in [0.4, 0.5) is 0 Å². The highest BCUT2D eigenvalue weighted by Gasteiger charge is 2.18. The highest BCUT2D eigenvalue weighted by Crippen LogP contribution is 2.39. The van der Waals surface area contributed by atoms with Crippen LogP contribution < -0.4 is 19.6 Å². The van der Waals surface area contributed by atoms with Gasteiger partial charge in [0.1, 0.15) is 11.5 Å². The number of carbonyl (C=O) groups excluding carboxylic acids is 1. The first-order chi connectivity index (χ1) is 12.6. The molecule has 0 aliphatic carbocycles. The third-order valence-electron chi connectivity index (χ3n) is 3.29. The summed E-state index contributed by atoms with van der Waals surface area (Å²) in [5.41, 5.74) is 2.82. The molecule has 0 fully saturated rings. The van der Waals surface area contributed by atoms with Crippen molar-refractivity contribution in [3.05, 3.63) is 41.3 Å². The molecule has 0 aliphatic rings. The lowest BCUT2D eigenvalue weighted by Crippen LogP contribution is -2.18. The molecule has 2 aromatic rings. The minimum Gasteiger partial charge on any atom is -0.490 e. The number of aryl methyl sites for hydroxylation is 1. The van der Waals surface area contributed by atoms with E-state index in [1.807, 2.05) is 33.8 Å². The van der Waals surface area contributed by atoms with E-state index in [1.165, 1.54) is 6.21 Å². The molecule has 1 heterocycles. The van der Waals surface area contributed by atoms with Crippen molar-refractivity contribution in [3.8, 4) is 17.2 Å². The van der Waals surface area contributed by atoms with Crippen molar-refractivity contribution in [1.82, 2.24) is 5.43 Å². The molecule has 0 radical (unpaired) electrons. The molecule has 0 unspecified atom stereocenters. The number of carbonyl (C=O) groups is 1. The van der Waals surface area contributed by atoms with Crippen molar-refractivity contribution in [2.75, 3.05) is 19.8 Å². The first-order valence-electron chi connectivity index (χ1n) is 8.55. The molecule has 0 spiro atoms. The molecular formula is C19H24N2O5. The summed E-state index contributed by atoms with van der Waals surface area (Å²) in [4.78, 5) is 12.4. The Labute approximate surface area is 152 Å². The van der Waals surface area contributed by atoms with E-state index in [4.69, 9.17) is 18.6 Å². The molecule has 1 N–H and O–H groups in total. The van der Waals surface area contributed by atoms with Crippen LogP contribution in [0, 0.1) is 6.92 Å². The van der Waals surface area contributed by atoms with Gasteiger partial charge in [-0.15, -0.1) is 0 Å². The van der Waals surface area contributed by atoms with Gasteiger partial charge in [0, 0.05) is 5.56 Å². The van der Waals surface area contributed by atoms with E-state index in [0.29, 0.717) is 48.4 Å². The fourth-order valence-electron chi connectivity index (χ4n) is 2.26. The average Bonchev–Trinajstić information content (AvgIpc) is 3.03. The molecule has 7 heteroatoms. The lowest BCUT2D eigenvalue weighted by molar-refractivity contribution is 0.0954. The normalized spacial score (nSPS) is 10.8. The number of rotatable bonds is 9. The number of nitrogens with one attached hydrogen (secondary N) is 1. The van der Waals surface area contributed by atoms with E-state index in [9.17, 15) is 4.79 Å². The van der Waals surface area contributed by atoms with Crippen LogP contribution in [0.25, 0.3) is 0 Å². The van der Waals surface area contributed by atoms with Crippen LogP contribution in [0.3, 0.4) is 0 Å². The van der Waals surface area contributed by atoms with Gasteiger partial charge in [0.15, 0.2) is 11.5 Å². The van der Waals surface area contributed by atoms with Crippen molar-refractivity contribution in [1.29, 1.82) is 0 Å².